The first-order valence-corrected chi connectivity index (χ1v) is 9.24. The van der Waals surface area contributed by atoms with E-state index in [4.69, 9.17) is 18.9 Å². The first-order valence-electron chi connectivity index (χ1n) is 9.24. The summed E-state index contributed by atoms with van der Waals surface area (Å²) in [6, 6.07) is 14.3. The van der Waals surface area contributed by atoms with Gasteiger partial charge in [-0.2, -0.15) is 0 Å². The zero-order valence-corrected chi connectivity index (χ0v) is 16.2. The Morgan fingerprint density at radius 1 is 1.03 bits per heavy atom. The summed E-state index contributed by atoms with van der Waals surface area (Å²) in [6.07, 6.45) is 1.61. The van der Waals surface area contributed by atoms with Crippen LogP contribution in [-0.2, 0) is 19.1 Å². The highest BCUT2D eigenvalue weighted by molar-refractivity contribution is 6.12. The van der Waals surface area contributed by atoms with Crippen LogP contribution in [0.25, 0.3) is 6.08 Å². The fourth-order valence-electron chi connectivity index (χ4n) is 2.61. The standard InChI is InChI=1S/C22H21NO6/c1-3-26-19-13-15(10-11-18(19)28-14-20(24)27-4-2)12-17-22(25)29-21(23-17)16-8-6-5-7-9-16/h5-13H,3-4,14H2,1-2H3. The molecule has 0 atom stereocenters. The van der Waals surface area contributed by atoms with Crippen LogP contribution in [0.3, 0.4) is 0 Å². The summed E-state index contributed by atoms with van der Waals surface area (Å²) in [5.41, 5.74) is 1.59. The van der Waals surface area contributed by atoms with E-state index < -0.39 is 11.9 Å². The van der Waals surface area contributed by atoms with Gasteiger partial charge in [-0.05, 0) is 49.8 Å². The molecule has 0 amide bonds. The summed E-state index contributed by atoms with van der Waals surface area (Å²) >= 11 is 0. The molecule has 0 aliphatic carbocycles. The Morgan fingerprint density at radius 3 is 2.55 bits per heavy atom. The Labute approximate surface area is 168 Å². The molecule has 0 spiro atoms. The van der Waals surface area contributed by atoms with E-state index >= 15 is 0 Å². The Bertz CT molecular complexity index is 949. The van der Waals surface area contributed by atoms with Gasteiger partial charge < -0.3 is 18.9 Å². The van der Waals surface area contributed by atoms with Crippen LogP contribution in [0.5, 0.6) is 11.5 Å². The molecule has 0 saturated carbocycles. The van der Waals surface area contributed by atoms with Crippen LogP contribution in [0.4, 0.5) is 0 Å². The maximum absolute atomic E-state index is 12.2. The number of cyclic esters (lactones) is 1. The lowest BCUT2D eigenvalue weighted by Gasteiger charge is -2.12. The molecule has 29 heavy (non-hydrogen) atoms. The van der Waals surface area contributed by atoms with Crippen molar-refractivity contribution in [2.24, 2.45) is 4.99 Å². The number of hydrogen-bond acceptors (Lipinski definition) is 7. The molecule has 0 aromatic heterocycles. The van der Waals surface area contributed by atoms with Crippen molar-refractivity contribution in [3.63, 3.8) is 0 Å². The van der Waals surface area contributed by atoms with Gasteiger partial charge in [-0.1, -0.05) is 24.3 Å². The molecule has 7 nitrogen and oxygen atoms in total. The second-order valence-electron chi connectivity index (χ2n) is 5.93. The highest BCUT2D eigenvalue weighted by Crippen LogP contribution is 2.30. The molecule has 2 aromatic carbocycles. The minimum atomic E-state index is -0.524. The predicted octanol–water partition coefficient (Wildman–Crippen LogP) is 3.37. The number of carbonyl (C=O) groups is 2. The summed E-state index contributed by atoms with van der Waals surface area (Å²) in [6.45, 7) is 4.05. The molecule has 0 unspecified atom stereocenters. The molecule has 1 aliphatic heterocycles. The molecule has 7 heteroatoms. The minimum Gasteiger partial charge on any atom is -0.490 e. The second-order valence-corrected chi connectivity index (χ2v) is 5.93. The van der Waals surface area contributed by atoms with E-state index in [0.29, 0.717) is 23.7 Å². The average Bonchev–Trinajstić information content (AvgIpc) is 3.09. The predicted molar refractivity (Wildman–Crippen MR) is 107 cm³/mol. The maximum Gasteiger partial charge on any atom is 0.363 e. The third-order valence-corrected chi connectivity index (χ3v) is 3.86. The van der Waals surface area contributed by atoms with E-state index in [0.717, 1.165) is 5.56 Å². The highest BCUT2D eigenvalue weighted by atomic mass is 16.6. The summed E-state index contributed by atoms with van der Waals surface area (Å²) in [5, 5.41) is 0. The van der Waals surface area contributed by atoms with Crippen molar-refractivity contribution in [3.05, 3.63) is 65.4 Å². The molecule has 3 rings (SSSR count). The van der Waals surface area contributed by atoms with Gasteiger partial charge in [-0.15, -0.1) is 0 Å². The Morgan fingerprint density at radius 2 is 1.83 bits per heavy atom. The van der Waals surface area contributed by atoms with Crippen molar-refractivity contribution in [2.45, 2.75) is 13.8 Å². The number of hydrogen-bond donors (Lipinski definition) is 0. The van der Waals surface area contributed by atoms with E-state index in [2.05, 4.69) is 4.99 Å². The number of ether oxygens (including phenoxy) is 4. The molecule has 0 saturated heterocycles. The number of rotatable bonds is 8. The molecule has 1 heterocycles. The molecule has 150 valence electrons. The minimum absolute atomic E-state index is 0.187. The van der Waals surface area contributed by atoms with Gasteiger partial charge in [0.05, 0.1) is 13.2 Å². The normalized spacial score (nSPS) is 14.3. The summed E-state index contributed by atoms with van der Waals surface area (Å²) in [5.74, 6) is 0.137. The second kappa shape index (κ2) is 9.54. The van der Waals surface area contributed by atoms with Crippen molar-refractivity contribution < 1.29 is 28.5 Å². The first-order chi connectivity index (χ1) is 14.1. The van der Waals surface area contributed by atoms with Crippen molar-refractivity contribution in [3.8, 4) is 11.5 Å². The first kappa shape index (κ1) is 20.1. The Kier molecular flexibility index (Phi) is 6.63. The lowest BCUT2D eigenvalue weighted by molar-refractivity contribution is -0.145. The number of carbonyl (C=O) groups excluding carboxylic acids is 2. The van der Waals surface area contributed by atoms with Gasteiger partial charge in [-0.3, -0.25) is 0 Å². The van der Waals surface area contributed by atoms with Crippen LogP contribution < -0.4 is 9.47 Å². The molecular formula is C22H21NO6. The van der Waals surface area contributed by atoms with Crippen molar-refractivity contribution in [2.75, 3.05) is 19.8 Å². The zero-order valence-electron chi connectivity index (χ0n) is 16.2. The third-order valence-electron chi connectivity index (χ3n) is 3.86. The van der Waals surface area contributed by atoms with E-state index in [-0.39, 0.29) is 24.8 Å². The number of esters is 2. The van der Waals surface area contributed by atoms with Gasteiger partial charge >= 0.3 is 11.9 Å². The van der Waals surface area contributed by atoms with Crippen LogP contribution >= 0.6 is 0 Å². The number of benzene rings is 2. The van der Waals surface area contributed by atoms with Gasteiger partial charge in [0.1, 0.15) is 0 Å². The van der Waals surface area contributed by atoms with E-state index in [1.54, 1.807) is 31.2 Å². The molecule has 0 radical (unpaired) electrons. The number of nitrogens with zero attached hydrogens (tertiary/aromatic N) is 1. The number of aliphatic imine (C=N–C) groups is 1. The molecular weight excluding hydrogens is 374 g/mol. The molecule has 0 N–H and O–H groups in total. The van der Waals surface area contributed by atoms with E-state index in [1.807, 2.05) is 37.3 Å². The van der Waals surface area contributed by atoms with Gasteiger partial charge in [0.15, 0.2) is 23.8 Å². The summed E-state index contributed by atoms with van der Waals surface area (Å²) in [7, 11) is 0. The molecule has 0 fully saturated rings. The smallest absolute Gasteiger partial charge is 0.363 e. The van der Waals surface area contributed by atoms with Crippen molar-refractivity contribution in [1.29, 1.82) is 0 Å². The third kappa shape index (κ3) is 5.22. The fraction of sp³-hybridized carbons (Fsp3) is 0.227. The zero-order chi connectivity index (χ0) is 20.6. The Balaban J connectivity index is 1.81. The largest absolute Gasteiger partial charge is 0.490 e. The van der Waals surface area contributed by atoms with Crippen LogP contribution in [0.1, 0.15) is 25.0 Å². The SMILES string of the molecule is CCOC(=O)COc1ccc(C=C2N=C(c3ccccc3)OC2=O)cc1OCC. The van der Waals surface area contributed by atoms with Gasteiger partial charge in [0.25, 0.3) is 0 Å². The van der Waals surface area contributed by atoms with Crippen LogP contribution in [0, 0.1) is 0 Å². The maximum atomic E-state index is 12.2. The highest BCUT2D eigenvalue weighted by Gasteiger charge is 2.24. The summed E-state index contributed by atoms with van der Waals surface area (Å²) < 4.78 is 21.2. The van der Waals surface area contributed by atoms with Crippen LogP contribution in [0.2, 0.25) is 0 Å². The van der Waals surface area contributed by atoms with Crippen molar-refractivity contribution in [1.82, 2.24) is 0 Å². The molecule has 2 aromatic rings. The van der Waals surface area contributed by atoms with Crippen molar-refractivity contribution >= 4 is 23.9 Å². The summed E-state index contributed by atoms with van der Waals surface area (Å²) in [4.78, 5) is 28.0. The lowest BCUT2D eigenvalue weighted by atomic mass is 10.1. The molecule has 1 aliphatic rings. The van der Waals surface area contributed by atoms with E-state index in [9.17, 15) is 9.59 Å². The molecule has 0 bridgehead atoms. The Hall–Kier alpha value is -3.61. The average molecular weight is 395 g/mol. The fourth-order valence-corrected chi connectivity index (χ4v) is 2.61. The monoisotopic (exact) mass is 395 g/mol. The topological polar surface area (TPSA) is 83.4 Å². The quantitative estimate of drug-likeness (QED) is 0.503. The van der Waals surface area contributed by atoms with Crippen LogP contribution in [-0.4, -0.2) is 37.7 Å². The van der Waals surface area contributed by atoms with Gasteiger partial charge in [-0.25, -0.2) is 14.6 Å². The van der Waals surface area contributed by atoms with Gasteiger partial charge in [0, 0.05) is 5.56 Å². The van der Waals surface area contributed by atoms with Crippen LogP contribution in [0.15, 0.2) is 59.2 Å². The lowest BCUT2D eigenvalue weighted by Crippen LogP contribution is -2.15. The van der Waals surface area contributed by atoms with Gasteiger partial charge in [0.2, 0.25) is 5.90 Å². The van der Waals surface area contributed by atoms with E-state index in [1.165, 1.54) is 0 Å².